The molecule has 11 heteroatoms. The average Bonchev–Trinajstić information content (AvgIpc) is 2.78. The van der Waals surface area contributed by atoms with Gasteiger partial charge in [0.25, 0.3) is 0 Å². The van der Waals surface area contributed by atoms with E-state index in [-0.39, 0.29) is 11.4 Å². The smallest absolute Gasteiger partial charge is 0.416 e. The van der Waals surface area contributed by atoms with Crippen LogP contribution in [0.15, 0.2) is 18.3 Å². The summed E-state index contributed by atoms with van der Waals surface area (Å²) >= 11 is 11.6. The molecule has 0 atom stereocenters. The Morgan fingerprint density at radius 3 is 2.22 bits per heavy atom. The normalized spacial score (nSPS) is 12.0. The van der Waals surface area contributed by atoms with Gasteiger partial charge in [0.15, 0.2) is 5.75 Å². The molecular formula is C12H7Cl2F5N2O2. The third-order valence-electron chi connectivity index (χ3n) is 2.69. The van der Waals surface area contributed by atoms with Crippen LogP contribution in [-0.4, -0.2) is 21.5 Å². The molecule has 1 aromatic heterocycles. The molecule has 0 unspecified atom stereocenters. The number of hydrogen-bond acceptors (Lipinski definition) is 3. The van der Waals surface area contributed by atoms with E-state index in [0.717, 1.165) is 10.9 Å². The van der Waals surface area contributed by atoms with Gasteiger partial charge < -0.3 is 9.84 Å². The molecular weight excluding hydrogens is 370 g/mol. The summed E-state index contributed by atoms with van der Waals surface area (Å²) in [4.78, 5) is 0. The Hall–Kier alpha value is -1.58. The highest BCUT2D eigenvalue weighted by atomic mass is 35.5. The average molecular weight is 377 g/mol. The van der Waals surface area contributed by atoms with Gasteiger partial charge in [0, 0.05) is 0 Å². The van der Waals surface area contributed by atoms with E-state index in [0.29, 0.717) is 12.1 Å². The summed E-state index contributed by atoms with van der Waals surface area (Å²) in [6, 6.07) is 1.24. The third-order valence-corrected chi connectivity index (χ3v) is 3.27. The molecule has 0 saturated heterocycles. The number of alkyl halides is 5. The second kappa shape index (κ2) is 6.50. The molecule has 0 aliphatic carbocycles. The van der Waals surface area contributed by atoms with Crippen LogP contribution in [0.1, 0.15) is 11.3 Å². The van der Waals surface area contributed by atoms with E-state index >= 15 is 0 Å². The maximum atomic E-state index is 12.7. The van der Waals surface area contributed by atoms with Crippen LogP contribution in [-0.2, 0) is 12.8 Å². The number of hydrogen-bond donors (Lipinski definition) is 1. The van der Waals surface area contributed by atoms with Crippen molar-refractivity contribution in [3.63, 3.8) is 0 Å². The highest BCUT2D eigenvalue weighted by Crippen LogP contribution is 2.38. The van der Waals surface area contributed by atoms with Crippen LogP contribution in [0.3, 0.4) is 0 Å². The van der Waals surface area contributed by atoms with Crippen LogP contribution in [0.2, 0.25) is 10.0 Å². The minimum absolute atomic E-state index is 0.167. The maximum Gasteiger partial charge on any atom is 0.416 e. The Kier molecular flexibility index (Phi) is 5.02. The number of aliphatic hydroxyl groups excluding tert-OH is 1. The molecule has 0 radical (unpaired) electrons. The highest BCUT2D eigenvalue weighted by Gasteiger charge is 2.32. The Morgan fingerprint density at radius 2 is 1.78 bits per heavy atom. The lowest BCUT2D eigenvalue weighted by Gasteiger charge is -2.12. The lowest BCUT2D eigenvalue weighted by Crippen LogP contribution is -2.07. The number of aliphatic hydroxyl groups is 1. The maximum absolute atomic E-state index is 12.7. The number of benzene rings is 1. The van der Waals surface area contributed by atoms with Gasteiger partial charge in [0.05, 0.1) is 28.4 Å². The molecule has 1 N–H and O–H groups in total. The second-order valence-corrected chi connectivity index (χ2v) is 5.02. The summed E-state index contributed by atoms with van der Waals surface area (Å²) in [5, 5.41) is 12.0. The predicted octanol–water partition coefficient (Wildman–Crippen LogP) is 4.29. The highest BCUT2D eigenvalue weighted by molar-refractivity contribution is 6.37. The molecule has 4 nitrogen and oxygen atoms in total. The van der Waals surface area contributed by atoms with Crippen LogP contribution in [0, 0.1) is 0 Å². The van der Waals surface area contributed by atoms with Crippen LogP contribution in [0.4, 0.5) is 22.0 Å². The third kappa shape index (κ3) is 3.85. The molecule has 0 saturated carbocycles. The first-order valence-electron chi connectivity index (χ1n) is 5.84. The van der Waals surface area contributed by atoms with Crippen molar-refractivity contribution in [2.45, 2.75) is 19.4 Å². The second-order valence-electron chi connectivity index (χ2n) is 4.21. The van der Waals surface area contributed by atoms with Crippen molar-refractivity contribution in [3.05, 3.63) is 39.6 Å². The molecule has 23 heavy (non-hydrogen) atoms. The van der Waals surface area contributed by atoms with Crippen LogP contribution in [0.5, 0.6) is 5.75 Å². The molecule has 0 aliphatic heterocycles. The topological polar surface area (TPSA) is 47.3 Å². The van der Waals surface area contributed by atoms with Gasteiger partial charge >= 0.3 is 12.8 Å². The first-order valence-corrected chi connectivity index (χ1v) is 6.60. The minimum atomic E-state index is -4.66. The number of halogens is 7. The van der Waals surface area contributed by atoms with Gasteiger partial charge in [-0.05, 0) is 12.1 Å². The number of rotatable bonds is 4. The predicted molar refractivity (Wildman–Crippen MR) is 71.1 cm³/mol. The van der Waals surface area contributed by atoms with E-state index in [1.54, 1.807) is 0 Å². The van der Waals surface area contributed by atoms with Gasteiger partial charge in [0.1, 0.15) is 11.4 Å². The number of nitrogens with zero attached hydrogens (tertiary/aromatic N) is 2. The Balaban J connectivity index is 2.52. The van der Waals surface area contributed by atoms with E-state index in [4.69, 9.17) is 28.3 Å². The summed E-state index contributed by atoms with van der Waals surface area (Å²) in [5.74, 6) is -0.450. The van der Waals surface area contributed by atoms with Crippen molar-refractivity contribution in [3.8, 4) is 11.4 Å². The van der Waals surface area contributed by atoms with Crippen LogP contribution >= 0.6 is 23.2 Å². The van der Waals surface area contributed by atoms with Gasteiger partial charge in [-0.1, -0.05) is 23.2 Å². The Bertz CT molecular complexity index is 695. The van der Waals surface area contributed by atoms with Crippen LogP contribution in [0.25, 0.3) is 5.69 Å². The lowest BCUT2D eigenvalue weighted by molar-refractivity contribution is -0.137. The van der Waals surface area contributed by atoms with Crippen molar-refractivity contribution < 1.29 is 31.8 Å². The molecule has 0 fully saturated rings. The van der Waals surface area contributed by atoms with E-state index in [9.17, 15) is 22.0 Å². The molecule has 0 aliphatic rings. The molecule has 126 valence electrons. The molecule has 0 bridgehead atoms. The summed E-state index contributed by atoms with van der Waals surface area (Å²) < 4.78 is 67.6. The van der Waals surface area contributed by atoms with Gasteiger partial charge in [0.2, 0.25) is 0 Å². The standard InChI is InChI=1S/C12H7Cl2F5N2O2/c13-6-1-5(12(17,18)19)2-7(14)10(6)21-3-9(23-11(15)16)8(4-22)20-21/h1-3,11,22H,4H2. The fraction of sp³-hybridized carbons (Fsp3) is 0.250. The summed E-state index contributed by atoms with van der Waals surface area (Å²) in [6.45, 7) is -3.90. The monoisotopic (exact) mass is 376 g/mol. The molecule has 1 aromatic carbocycles. The zero-order valence-corrected chi connectivity index (χ0v) is 12.4. The molecule has 0 spiro atoms. The van der Waals surface area contributed by atoms with E-state index in [1.807, 2.05) is 0 Å². The summed E-state index contributed by atoms with van der Waals surface area (Å²) in [7, 11) is 0. The quantitative estimate of drug-likeness (QED) is 0.809. The van der Waals surface area contributed by atoms with Crippen molar-refractivity contribution in [1.82, 2.24) is 9.78 Å². The summed E-state index contributed by atoms with van der Waals surface area (Å²) in [6.07, 6.45) is -3.73. The van der Waals surface area contributed by atoms with Gasteiger partial charge in [-0.25, -0.2) is 4.68 Å². The Labute approximate surface area is 136 Å². The minimum Gasteiger partial charge on any atom is -0.431 e. The largest absolute Gasteiger partial charge is 0.431 e. The Morgan fingerprint density at radius 1 is 1.22 bits per heavy atom. The van der Waals surface area contributed by atoms with Gasteiger partial charge in [-0.2, -0.15) is 27.1 Å². The fourth-order valence-corrected chi connectivity index (χ4v) is 2.42. The van der Waals surface area contributed by atoms with Gasteiger partial charge in [-0.3, -0.25) is 0 Å². The molecule has 2 aromatic rings. The van der Waals surface area contributed by atoms with Crippen molar-refractivity contribution in [2.75, 3.05) is 0 Å². The van der Waals surface area contributed by atoms with Crippen molar-refractivity contribution in [2.24, 2.45) is 0 Å². The molecule has 0 amide bonds. The zero-order chi connectivity index (χ0) is 17.4. The summed E-state index contributed by atoms with van der Waals surface area (Å²) in [5.41, 5.74) is -1.49. The van der Waals surface area contributed by atoms with Crippen molar-refractivity contribution >= 4 is 23.2 Å². The molecule has 2 rings (SSSR count). The van der Waals surface area contributed by atoms with Crippen molar-refractivity contribution in [1.29, 1.82) is 0 Å². The van der Waals surface area contributed by atoms with Gasteiger partial charge in [-0.15, -0.1) is 0 Å². The number of aromatic nitrogens is 2. The zero-order valence-electron chi connectivity index (χ0n) is 10.9. The SMILES string of the molecule is OCc1nn(-c2c(Cl)cc(C(F)(F)F)cc2Cl)cc1OC(F)F. The molecule has 1 heterocycles. The first-order chi connectivity index (χ1) is 10.6. The first kappa shape index (κ1) is 17.8. The van der Waals surface area contributed by atoms with E-state index < -0.39 is 40.8 Å². The fourth-order valence-electron chi connectivity index (χ4n) is 1.76. The van der Waals surface area contributed by atoms with Crippen LogP contribution < -0.4 is 4.74 Å². The van der Waals surface area contributed by atoms with E-state index in [2.05, 4.69) is 9.84 Å². The number of ether oxygens (including phenoxy) is 1. The lowest BCUT2D eigenvalue weighted by atomic mass is 10.2. The van der Waals surface area contributed by atoms with E-state index in [1.165, 1.54) is 0 Å².